The highest BCUT2D eigenvalue weighted by atomic mass is 16.6. The van der Waals surface area contributed by atoms with Gasteiger partial charge < -0.3 is 10.6 Å². The average Bonchev–Trinajstić information content (AvgIpc) is 3.51. The van der Waals surface area contributed by atoms with Gasteiger partial charge in [0.2, 0.25) is 5.91 Å². The summed E-state index contributed by atoms with van der Waals surface area (Å²) in [7, 11) is 0. The van der Waals surface area contributed by atoms with Gasteiger partial charge in [0, 0.05) is 29.4 Å². The van der Waals surface area contributed by atoms with Crippen LogP contribution in [0, 0.1) is 23.0 Å². The SMILES string of the molecule is Cc1c(C(=O)Nc2ccc(NC(=O)C3CC3)cc2)nnn1-c1cccc([N+](=O)[O-])c1. The lowest BCUT2D eigenvalue weighted by atomic mass is 10.2. The van der Waals surface area contributed by atoms with E-state index in [0.717, 1.165) is 12.8 Å². The van der Waals surface area contributed by atoms with E-state index in [4.69, 9.17) is 0 Å². The Bertz CT molecular complexity index is 1130. The number of carbonyl (C=O) groups is 2. The first-order chi connectivity index (χ1) is 14.4. The smallest absolute Gasteiger partial charge is 0.278 e. The highest BCUT2D eigenvalue weighted by Gasteiger charge is 2.29. The predicted octanol–water partition coefficient (Wildman–Crippen LogP) is 3.08. The molecule has 152 valence electrons. The van der Waals surface area contributed by atoms with E-state index in [1.807, 2.05) is 0 Å². The van der Waals surface area contributed by atoms with Crippen molar-refractivity contribution in [2.45, 2.75) is 19.8 Å². The molecule has 10 heteroatoms. The Labute approximate surface area is 171 Å². The third-order valence-electron chi connectivity index (χ3n) is 4.75. The van der Waals surface area contributed by atoms with Crippen molar-refractivity contribution < 1.29 is 14.5 Å². The summed E-state index contributed by atoms with van der Waals surface area (Å²) in [6, 6.07) is 12.7. The first kappa shape index (κ1) is 19.2. The Morgan fingerprint density at radius 1 is 1.10 bits per heavy atom. The van der Waals surface area contributed by atoms with Crippen molar-refractivity contribution in [2.75, 3.05) is 10.6 Å². The van der Waals surface area contributed by atoms with Gasteiger partial charge in [0.15, 0.2) is 5.69 Å². The van der Waals surface area contributed by atoms with Crippen LogP contribution in [0.1, 0.15) is 29.0 Å². The molecular weight excluding hydrogens is 388 g/mol. The van der Waals surface area contributed by atoms with Crippen molar-refractivity contribution in [1.82, 2.24) is 15.0 Å². The van der Waals surface area contributed by atoms with E-state index in [2.05, 4.69) is 20.9 Å². The first-order valence-corrected chi connectivity index (χ1v) is 9.32. The number of hydrogen-bond donors (Lipinski definition) is 2. The third-order valence-corrected chi connectivity index (χ3v) is 4.75. The van der Waals surface area contributed by atoms with Crippen molar-refractivity contribution >= 4 is 28.9 Å². The fourth-order valence-electron chi connectivity index (χ4n) is 2.94. The van der Waals surface area contributed by atoms with E-state index in [-0.39, 0.29) is 23.2 Å². The molecule has 4 rings (SSSR count). The standard InChI is InChI=1S/C20H18N6O4/c1-12-18(23-24-25(12)16-3-2-4-17(11-16)26(29)30)20(28)22-15-9-7-14(8-10-15)21-19(27)13-5-6-13/h2-4,7-11,13H,5-6H2,1H3,(H,21,27)(H,22,28). The second-order valence-electron chi connectivity index (χ2n) is 7.01. The zero-order valence-corrected chi connectivity index (χ0v) is 16.0. The lowest BCUT2D eigenvalue weighted by Gasteiger charge is -2.07. The van der Waals surface area contributed by atoms with Gasteiger partial charge in [0.1, 0.15) is 0 Å². The summed E-state index contributed by atoms with van der Waals surface area (Å²) in [6.07, 6.45) is 1.85. The first-order valence-electron chi connectivity index (χ1n) is 9.32. The Hall–Kier alpha value is -4.08. The largest absolute Gasteiger partial charge is 0.326 e. The molecule has 2 N–H and O–H groups in total. The summed E-state index contributed by atoms with van der Waals surface area (Å²) < 4.78 is 1.37. The molecule has 1 aliphatic carbocycles. The van der Waals surface area contributed by atoms with Crippen molar-refractivity contribution in [2.24, 2.45) is 5.92 Å². The van der Waals surface area contributed by atoms with Gasteiger partial charge in [-0.15, -0.1) is 5.10 Å². The molecule has 1 aromatic heterocycles. The van der Waals surface area contributed by atoms with Crippen LogP contribution in [0.15, 0.2) is 48.5 Å². The van der Waals surface area contributed by atoms with Gasteiger partial charge in [-0.3, -0.25) is 19.7 Å². The number of nitro benzene ring substituents is 1. The summed E-state index contributed by atoms with van der Waals surface area (Å²) in [6.45, 7) is 1.66. The van der Waals surface area contributed by atoms with Gasteiger partial charge in [-0.25, -0.2) is 4.68 Å². The molecule has 10 nitrogen and oxygen atoms in total. The van der Waals surface area contributed by atoms with Crippen LogP contribution in [0.25, 0.3) is 5.69 Å². The maximum Gasteiger partial charge on any atom is 0.278 e. The number of anilines is 2. The van der Waals surface area contributed by atoms with Crippen molar-refractivity contribution in [3.05, 3.63) is 70.0 Å². The van der Waals surface area contributed by atoms with E-state index in [9.17, 15) is 19.7 Å². The molecule has 0 radical (unpaired) electrons. The highest BCUT2D eigenvalue weighted by molar-refractivity contribution is 6.03. The van der Waals surface area contributed by atoms with E-state index >= 15 is 0 Å². The minimum absolute atomic E-state index is 0.0140. The van der Waals surface area contributed by atoms with Crippen molar-refractivity contribution in [3.8, 4) is 5.69 Å². The number of nitrogens with zero attached hydrogens (tertiary/aromatic N) is 4. The number of benzene rings is 2. The van der Waals surface area contributed by atoms with Crippen LogP contribution in [-0.2, 0) is 4.79 Å². The molecule has 0 bridgehead atoms. The molecule has 0 saturated heterocycles. The number of nitro groups is 1. The molecule has 1 saturated carbocycles. The number of nitrogens with one attached hydrogen (secondary N) is 2. The number of hydrogen-bond acceptors (Lipinski definition) is 6. The second-order valence-corrected chi connectivity index (χ2v) is 7.01. The number of non-ortho nitro benzene ring substituents is 1. The molecule has 2 aromatic carbocycles. The van der Waals surface area contributed by atoms with Crippen LogP contribution in [0.5, 0.6) is 0 Å². The number of aromatic nitrogens is 3. The highest BCUT2D eigenvalue weighted by Crippen LogP contribution is 2.30. The molecule has 2 amide bonds. The van der Waals surface area contributed by atoms with E-state index < -0.39 is 10.8 Å². The zero-order chi connectivity index (χ0) is 21.3. The van der Waals surface area contributed by atoms with Gasteiger partial charge in [0.25, 0.3) is 11.6 Å². The van der Waals surface area contributed by atoms with Crippen LogP contribution >= 0.6 is 0 Å². The topological polar surface area (TPSA) is 132 Å². The molecule has 1 heterocycles. The average molecular weight is 406 g/mol. The molecule has 1 aliphatic rings. The lowest BCUT2D eigenvalue weighted by Crippen LogP contribution is -2.15. The Kier molecular flexibility index (Phi) is 4.97. The minimum atomic E-state index is -0.500. The molecule has 30 heavy (non-hydrogen) atoms. The van der Waals surface area contributed by atoms with Crippen LogP contribution in [-0.4, -0.2) is 31.7 Å². The molecule has 3 aromatic rings. The monoisotopic (exact) mass is 406 g/mol. The summed E-state index contributed by atoms with van der Waals surface area (Å²) >= 11 is 0. The fraction of sp³-hybridized carbons (Fsp3) is 0.200. The summed E-state index contributed by atoms with van der Waals surface area (Å²) in [5, 5.41) is 24.4. The summed E-state index contributed by atoms with van der Waals surface area (Å²) in [5.74, 6) is -0.333. The number of amides is 2. The summed E-state index contributed by atoms with van der Waals surface area (Å²) in [5.41, 5.74) is 2.10. The molecule has 0 unspecified atom stereocenters. The summed E-state index contributed by atoms with van der Waals surface area (Å²) in [4.78, 5) is 34.9. The van der Waals surface area contributed by atoms with Crippen LogP contribution < -0.4 is 10.6 Å². The van der Waals surface area contributed by atoms with Gasteiger partial charge in [-0.1, -0.05) is 11.3 Å². The fourth-order valence-corrected chi connectivity index (χ4v) is 2.94. The second kappa shape index (κ2) is 7.74. The molecule has 1 fully saturated rings. The van der Waals surface area contributed by atoms with Gasteiger partial charge in [0.05, 0.1) is 16.3 Å². The normalized spacial score (nSPS) is 13.0. The lowest BCUT2D eigenvalue weighted by molar-refractivity contribution is -0.384. The van der Waals surface area contributed by atoms with Crippen molar-refractivity contribution in [1.29, 1.82) is 0 Å². The molecule has 0 spiro atoms. The molecule has 0 atom stereocenters. The van der Waals surface area contributed by atoms with Crippen LogP contribution in [0.4, 0.5) is 17.1 Å². The maximum absolute atomic E-state index is 12.6. The van der Waals surface area contributed by atoms with Crippen LogP contribution in [0.2, 0.25) is 0 Å². The predicted molar refractivity (Wildman–Crippen MR) is 108 cm³/mol. The maximum atomic E-state index is 12.6. The zero-order valence-electron chi connectivity index (χ0n) is 16.0. The Balaban J connectivity index is 1.47. The molecular formula is C20H18N6O4. The third kappa shape index (κ3) is 4.02. The van der Waals surface area contributed by atoms with E-state index in [0.29, 0.717) is 22.8 Å². The van der Waals surface area contributed by atoms with Gasteiger partial charge >= 0.3 is 0 Å². The minimum Gasteiger partial charge on any atom is -0.326 e. The van der Waals surface area contributed by atoms with E-state index in [1.54, 1.807) is 37.3 Å². The molecule has 0 aliphatic heterocycles. The Morgan fingerprint density at radius 2 is 1.77 bits per heavy atom. The van der Waals surface area contributed by atoms with Gasteiger partial charge in [-0.2, -0.15) is 0 Å². The Morgan fingerprint density at radius 3 is 2.40 bits per heavy atom. The van der Waals surface area contributed by atoms with Crippen molar-refractivity contribution in [3.63, 3.8) is 0 Å². The van der Waals surface area contributed by atoms with Gasteiger partial charge in [-0.05, 0) is 50.1 Å². The number of carbonyl (C=O) groups excluding carboxylic acids is 2. The van der Waals surface area contributed by atoms with Crippen LogP contribution in [0.3, 0.4) is 0 Å². The van der Waals surface area contributed by atoms with E-state index in [1.165, 1.54) is 22.9 Å². The number of rotatable bonds is 6. The quantitative estimate of drug-likeness (QED) is 0.477.